The molecule has 0 saturated heterocycles. The number of hydrogen-bond acceptors (Lipinski definition) is 4. The third-order valence-corrected chi connectivity index (χ3v) is 4.70. The van der Waals surface area contributed by atoms with Crippen molar-refractivity contribution in [2.45, 2.75) is 38.2 Å². The van der Waals surface area contributed by atoms with E-state index in [9.17, 15) is 4.79 Å². The molecule has 0 bridgehead atoms. The van der Waals surface area contributed by atoms with Gasteiger partial charge in [-0.15, -0.1) is 0 Å². The Labute approximate surface area is 137 Å². The number of amides is 1. The van der Waals surface area contributed by atoms with Gasteiger partial charge in [0.15, 0.2) is 0 Å². The van der Waals surface area contributed by atoms with Crippen LogP contribution in [0.1, 0.15) is 32.8 Å². The number of hydrogen-bond donors (Lipinski definition) is 2. The van der Waals surface area contributed by atoms with Gasteiger partial charge < -0.3 is 19.9 Å². The lowest BCUT2D eigenvalue weighted by Crippen LogP contribution is -2.35. The van der Waals surface area contributed by atoms with E-state index in [-0.39, 0.29) is 18.1 Å². The molecule has 1 aromatic rings. The molecule has 2 saturated carbocycles. The molecule has 3 rings (SSSR count). The Hall–Kier alpha value is -1.75. The van der Waals surface area contributed by atoms with Gasteiger partial charge in [0.05, 0.1) is 6.61 Å². The highest BCUT2D eigenvalue weighted by atomic mass is 16.6. The van der Waals surface area contributed by atoms with Crippen LogP contribution in [0, 0.1) is 11.8 Å². The molecule has 1 amide bonds. The zero-order valence-electron chi connectivity index (χ0n) is 14.0. The Morgan fingerprint density at radius 3 is 2.78 bits per heavy atom. The molecule has 0 heterocycles. The molecular formula is C18H25NO4. The first-order valence-corrected chi connectivity index (χ1v) is 8.18. The molecule has 0 radical (unpaired) electrons. The van der Waals surface area contributed by atoms with Crippen molar-refractivity contribution in [3.8, 4) is 5.75 Å². The number of aliphatic hydroxyl groups is 1. The van der Waals surface area contributed by atoms with Crippen molar-refractivity contribution in [3.63, 3.8) is 0 Å². The molecule has 2 unspecified atom stereocenters. The van der Waals surface area contributed by atoms with Crippen LogP contribution in [-0.2, 0) is 10.2 Å². The number of para-hydroxylation sites is 1. The lowest BCUT2D eigenvalue weighted by Gasteiger charge is -2.21. The minimum Gasteiger partial charge on any atom is -0.491 e. The molecule has 2 aliphatic carbocycles. The fourth-order valence-corrected chi connectivity index (χ4v) is 3.52. The molecule has 2 aliphatic rings. The van der Waals surface area contributed by atoms with Crippen LogP contribution >= 0.6 is 0 Å². The number of carbonyl (C=O) groups is 1. The van der Waals surface area contributed by atoms with E-state index in [1.165, 1.54) is 5.56 Å². The minimum atomic E-state index is -0.473. The highest BCUT2D eigenvalue weighted by Crippen LogP contribution is 2.80. The van der Waals surface area contributed by atoms with Gasteiger partial charge in [-0.25, -0.2) is 4.79 Å². The van der Waals surface area contributed by atoms with Crippen molar-refractivity contribution >= 4 is 6.09 Å². The van der Waals surface area contributed by atoms with Gasteiger partial charge in [-0.1, -0.05) is 18.2 Å². The first-order chi connectivity index (χ1) is 10.9. The Kier molecular flexibility index (Phi) is 4.00. The summed E-state index contributed by atoms with van der Waals surface area (Å²) in [6.45, 7) is 6.52. The highest BCUT2D eigenvalue weighted by molar-refractivity contribution is 5.68. The Morgan fingerprint density at radius 2 is 2.13 bits per heavy atom. The zero-order valence-corrected chi connectivity index (χ0v) is 14.0. The maximum absolute atomic E-state index is 11.8. The summed E-state index contributed by atoms with van der Waals surface area (Å²) in [7, 11) is 0. The molecule has 5 heteroatoms. The number of aliphatic hydroxyl groups excluding tert-OH is 1. The second kappa shape index (κ2) is 5.71. The van der Waals surface area contributed by atoms with Crippen LogP contribution in [0.4, 0.5) is 4.79 Å². The molecule has 5 nitrogen and oxygen atoms in total. The number of ether oxygens (including phenoxy) is 2. The smallest absolute Gasteiger partial charge is 0.407 e. The molecule has 2 N–H and O–H groups in total. The number of carbonyl (C=O) groups excluding carboxylic acids is 1. The predicted molar refractivity (Wildman–Crippen MR) is 86.5 cm³/mol. The molecule has 0 aliphatic heterocycles. The number of nitrogens with one attached hydrogen (secondary N) is 1. The molecule has 126 valence electrons. The fraction of sp³-hybridized carbons (Fsp3) is 0.611. The lowest BCUT2D eigenvalue weighted by molar-refractivity contribution is 0.0522. The molecule has 23 heavy (non-hydrogen) atoms. The van der Waals surface area contributed by atoms with Crippen LogP contribution in [0.25, 0.3) is 0 Å². The lowest BCUT2D eigenvalue weighted by atomic mass is 9.96. The topological polar surface area (TPSA) is 67.8 Å². The predicted octanol–water partition coefficient (Wildman–Crippen LogP) is 2.47. The monoisotopic (exact) mass is 319 g/mol. The second-order valence-electron chi connectivity index (χ2n) is 7.41. The number of alkyl carbamates (subject to hydrolysis) is 1. The Bertz CT molecular complexity index is 595. The van der Waals surface area contributed by atoms with E-state index in [1.807, 2.05) is 39.0 Å². The first kappa shape index (κ1) is 16.1. The molecule has 1 aromatic carbocycles. The van der Waals surface area contributed by atoms with Crippen LogP contribution in [0.3, 0.4) is 0 Å². The molecule has 3 atom stereocenters. The third-order valence-electron chi connectivity index (χ3n) is 4.70. The van der Waals surface area contributed by atoms with Gasteiger partial charge in [0.2, 0.25) is 0 Å². The van der Waals surface area contributed by atoms with Crippen LogP contribution in [0.15, 0.2) is 24.3 Å². The van der Waals surface area contributed by atoms with Gasteiger partial charge in [0.1, 0.15) is 18.0 Å². The van der Waals surface area contributed by atoms with Crippen LogP contribution in [0.5, 0.6) is 5.75 Å². The molecule has 2 fully saturated rings. The van der Waals surface area contributed by atoms with E-state index in [0.29, 0.717) is 25.0 Å². The SMILES string of the molecule is CC(C)(C)OC(=O)NCC1[C@@H]2CC12c1ccccc1OCCO. The summed E-state index contributed by atoms with van der Waals surface area (Å²) in [5.41, 5.74) is 0.884. The number of benzene rings is 1. The van der Waals surface area contributed by atoms with Gasteiger partial charge in [-0.2, -0.15) is 0 Å². The summed E-state index contributed by atoms with van der Waals surface area (Å²) in [6.07, 6.45) is 0.788. The average molecular weight is 319 g/mol. The van der Waals surface area contributed by atoms with Gasteiger partial charge in [0, 0.05) is 17.5 Å². The first-order valence-electron chi connectivity index (χ1n) is 8.18. The van der Waals surface area contributed by atoms with Crippen molar-refractivity contribution in [2.24, 2.45) is 11.8 Å². The van der Waals surface area contributed by atoms with Crippen molar-refractivity contribution < 1.29 is 19.4 Å². The van der Waals surface area contributed by atoms with E-state index in [1.54, 1.807) is 0 Å². The van der Waals surface area contributed by atoms with Crippen molar-refractivity contribution in [3.05, 3.63) is 29.8 Å². The molecular weight excluding hydrogens is 294 g/mol. The fourth-order valence-electron chi connectivity index (χ4n) is 3.52. The van der Waals surface area contributed by atoms with Gasteiger partial charge >= 0.3 is 6.09 Å². The Balaban J connectivity index is 1.59. The van der Waals surface area contributed by atoms with Crippen molar-refractivity contribution in [1.29, 1.82) is 0 Å². The van der Waals surface area contributed by atoms with E-state index >= 15 is 0 Å². The number of rotatable bonds is 6. The Morgan fingerprint density at radius 1 is 1.39 bits per heavy atom. The van der Waals surface area contributed by atoms with E-state index in [0.717, 1.165) is 12.2 Å². The zero-order chi connectivity index (χ0) is 16.7. The summed E-state index contributed by atoms with van der Waals surface area (Å²) in [5, 5.41) is 11.8. The summed E-state index contributed by atoms with van der Waals surface area (Å²) in [6, 6.07) is 8.01. The summed E-state index contributed by atoms with van der Waals surface area (Å²) >= 11 is 0. The maximum Gasteiger partial charge on any atom is 0.407 e. The summed E-state index contributed by atoms with van der Waals surface area (Å²) < 4.78 is 10.9. The van der Waals surface area contributed by atoms with Gasteiger partial charge in [-0.3, -0.25) is 0 Å². The maximum atomic E-state index is 11.8. The van der Waals surface area contributed by atoms with Crippen molar-refractivity contribution in [1.82, 2.24) is 5.32 Å². The van der Waals surface area contributed by atoms with Crippen LogP contribution in [-0.4, -0.2) is 36.6 Å². The molecule has 0 aromatic heterocycles. The summed E-state index contributed by atoms with van der Waals surface area (Å²) in [5.74, 6) is 1.93. The minimum absolute atomic E-state index is 0.00832. The highest BCUT2D eigenvalue weighted by Gasteiger charge is 2.79. The average Bonchev–Trinajstić information content (AvgIpc) is 3.33. The summed E-state index contributed by atoms with van der Waals surface area (Å²) in [4.78, 5) is 11.8. The van der Waals surface area contributed by atoms with E-state index in [4.69, 9.17) is 14.6 Å². The third kappa shape index (κ3) is 3.15. The largest absolute Gasteiger partial charge is 0.491 e. The van der Waals surface area contributed by atoms with Gasteiger partial charge in [-0.05, 0) is 45.1 Å². The molecule has 0 spiro atoms. The standard InChI is InChI=1S/C18H25NO4/c1-17(2,3)23-16(21)19-11-14-13-10-18(13,14)12-6-4-5-7-15(12)22-9-8-20/h4-7,13-14,20H,8-11H2,1-3H3,(H,19,21)/t13-,14?,18?/m0/s1. The van der Waals surface area contributed by atoms with Crippen LogP contribution < -0.4 is 10.1 Å². The second-order valence-corrected chi connectivity index (χ2v) is 7.41. The normalized spacial score (nSPS) is 27.8. The van der Waals surface area contributed by atoms with E-state index in [2.05, 4.69) is 11.4 Å². The number of fused-ring (bicyclic) bond motifs is 1. The van der Waals surface area contributed by atoms with Crippen LogP contribution in [0.2, 0.25) is 0 Å². The van der Waals surface area contributed by atoms with Gasteiger partial charge in [0.25, 0.3) is 0 Å². The van der Waals surface area contributed by atoms with E-state index < -0.39 is 5.60 Å². The quantitative estimate of drug-likeness (QED) is 0.845. The van der Waals surface area contributed by atoms with Crippen molar-refractivity contribution in [2.75, 3.05) is 19.8 Å².